The number of halogens is 3. The zero-order chi connectivity index (χ0) is 25.9. The quantitative estimate of drug-likeness (QED) is 0.426. The molecule has 2 aliphatic rings. The van der Waals surface area contributed by atoms with Crippen LogP contribution in [-0.4, -0.2) is 65.2 Å². The van der Waals surface area contributed by atoms with E-state index in [0.717, 1.165) is 69.7 Å². The Kier molecular flexibility index (Phi) is 8.82. The Bertz CT molecular complexity index is 1040. The lowest BCUT2D eigenvalue weighted by Crippen LogP contribution is -2.58. The second kappa shape index (κ2) is 11.7. The molecule has 2 aliphatic heterocycles. The van der Waals surface area contributed by atoms with Crippen LogP contribution in [0, 0.1) is 11.7 Å². The van der Waals surface area contributed by atoms with E-state index >= 15 is 0 Å². The first kappa shape index (κ1) is 27.2. The number of aliphatic carboxylic acids is 1. The van der Waals surface area contributed by atoms with Crippen molar-refractivity contribution < 1.29 is 19.0 Å². The third-order valence-electron chi connectivity index (χ3n) is 8.16. The molecule has 0 amide bonds. The summed E-state index contributed by atoms with van der Waals surface area (Å²) in [7, 11) is 0. The van der Waals surface area contributed by atoms with Crippen molar-refractivity contribution in [1.82, 2.24) is 9.80 Å². The first-order valence-electron chi connectivity index (χ1n) is 12.7. The maximum atomic E-state index is 13.4. The second-order valence-electron chi connectivity index (χ2n) is 10.4. The molecule has 36 heavy (non-hydrogen) atoms. The lowest BCUT2D eigenvalue weighted by molar-refractivity contribution is -0.153. The number of rotatable bonds is 8. The van der Waals surface area contributed by atoms with Gasteiger partial charge in [-0.3, -0.25) is 9.69 Å². The van der Waals surface area contributed by atoms with Crippen LogP contribution >= 0.6 is 23.2 Å². The first-order chi connectivity index (χ1) is 17.2. The highest BCUT2D eigenvalue weighted by atomic mass is 35.5. The van der Waals surface area contributed by atoms with Crippen LogP contribution in [0.25, 0.3) is 0 Å². The fraction of sp³-hybridized carbons (Fsp3) is 0.536. The van der Waals surface area contributed by atoms with E-state index in [4.69, 9.17) is 27.9 Å². The fourth-order valence-electron chi connectivity index (χ4n) is 5.57. The van der Waals surface area contributed by atoms with Gasteiger partial charge in [0.2, 0.25) is 0 Å². The molecule has 2 fully saturated rings. The maximum absolute atomic E-state index is 13.4. The van der Waals surface area contributed by atoms with Crippen molar-refractivity contribution in [2.45, 2.75) is 57.1 Å². The molecular weight excluding hydrogens is 502 g/mol. The molecule has 4 rings (SSSR count). The molecule has 0 saturated carbocycles. The van der Waals surface area contributed by atoms with Crippen molar-refractivity contribution in [3.63, 3.8) is 0 Å². The molecule has 2 heterocycles. The molecular formula is C28H35Cl2FN2O3. The highest BCUT2D eigenvalue weighted by Gasteiger charge is 2.46. The van der Waals surface area contributed by atoms with Crippen LogP contribution in [0.15, 0.2) is 42.5 Å². The molecule has 0 radical (unpaired) electrons. The molecule has 0 aliphatic carbocycles. The van der Waals surface area contributed by atoms with Crippen LogP contribution in [0.3, 0.4) is 0 Å². The number of nitrogens with zero attached hydrogens (tertiary/aromatic N) is 2. The van der Waals surface area contributed by atoms with E-state index in [0.29, 0.717) is 16.0 Å². The molecule has 1 N–H and O–H groups in total. The first-order valence-corrected chi connectivity index (χ1v) is 13.5. The van der Waals surface area contributed by atoms with Gasteiger partial charge in [0, 0.05) is 31.6 Å². The van der Waals surface area contributed by atoms with Crippen molar-refractivity contribution in [3.05, 3.63) is 63.9 Å². The Morgan fingerprint density at radius 3 is 2.28 bits per heavy atom. The molecule has 2 saturated heterocycles. The van der Waals surface area contributed by atoms with Gasteiger partial charge in [-0.15, -0.1) is 0 Å². The number of benzene rings is 2. The molecule has 0 bridgehead atoms. The van der Waals surface area contributed by atoms with Crippen molar-refractivity contribution in [2.75, 3.05) is 32.7 Å². The summed E-state index contributed by atoms with van der Waals surface area (Å²) in [4.78, 5) is 17.1. The standard InChI is InChI=1S/C28H35Cl2FN2O3/c1-19(21-3-5-22(31)6-4-21)28(2,27(34)35)33-15-9-20(10-16-33)18-32-13-11-23(12-14-32)36-24-7-8-25(29)26(30)17-24/h3-8,17,19-20,23H,9-16,18H2,1-2H3,(H,34,35). The predicted octanol–water partition coefficient (Wildman–Crippen LogP) is 6.33. The molecule has 196 valence electrons. The summed E-state index contributed by atoms with van der Waals surface area (Å²) in [6.07, 6.45) is 4.04. The number of hydrogen-bond acceptors (Lipinski definition) is 4. The number of carbonyl (C=O) groups is 1. The summed E-state index contributed by atoms with van der Waals surface area (Å²) in [5.41, 5.74) is -0.197. The predicted molar refractivity (Wildman–Crippen MR) is 142 cm³/mol. The average molecular weight is 538 g/mol. The van der Waals surface area contributed by atoms with Gasteiger partial charge in [0.1, 0.15) is 23.2 Å². The van der Waals surface area contributed by atoms with Crippen LogP contribution < -0.4 is 4.74 Å². The Hall–Kier alpha value is -1.86. The van der Waals surface area contributed by atoms with Crippen LogP contribution in [0.4, 0.5) is 4.39 Å². The normalized spacial score (nSPS) is 21.1. The van der Waals surface area contributed by atoms with Crippen molar-refractivity contribution >= 4 is 29.2 Å². The number of carboxylic acid groups (broad SMARTS) is 1. The van der Waals surface area contributed by atoms with Gasteiger partial charge < -0.3 is 14.7 Å². The van der Waals surface area contributed by atoms with Crippen LogP contribution in [0.5, 0.6) is 5.75 Å². The lowest BCUT2D eigenvalue weighted by Gasteiger charge is -2.46. The van der Waals surface area contributed by atoms with Crippen molar-refractivity contribution in [2.24, 2.45) is 5.92 Å². The minimum Gasteiger partial charge on any atom is -0.490 e. The smallest absolute Gasteiger partial charge is 0.324 e. The summed E-state index contributed by atoms with van der Waals surface area (Å²) >= 11 is 12.1. The number of hydrogen-bond donors (Lipinski definition) is 1. The van der Waals surface area contributed by atoms with E-state index in [2.05, 4.69) is 9.80 Å². The van der Waals surface area contributed by atoms with E-state index in [1.165, 1.54) is 12.1 Å². The van der Waals surface area contributed by atoms with Crippen LogP contribution in [0.1, 0.15) is 51.0 Å². The number of ether oxygens (including phenoxy) is 1. The molecule has 2 unspecified atom stereocenters. The number of carboxylic acids is 1. The van der Waals surface area contributed by atoms with E-state index in [-0.39, 0.29) is 17.8 Å². The van der Waals surface area contributed by atoms with Gasteiger partial charge >= 0.3 is 5.97 Å². The molecule has 0 spiro atoms. The van der Waals surface area contributed by atoms with E-state index < -0.39 is 11.5 Å². The van der Waals surface area contributed by atoms with Gasteiger partial charge in [-0.05, 0) is 81.4 Å². The third kappa shape index (κ3) is 6.16. The third-order valence-corrected chi connectivity index (χ3v) is 8.90. The maximum Gasteiger partial charge on any atom is 0.324 e. The number of likely N-dealkylation sites (tertiary alicyclic amines) is 2. The van der Waals surface area contributed by atoms with Gasteiger partial charge in [0.05, 0.1) is 10.0 Å². The van der Waals surface area contributed by atoms with Gasteiger partial charge in [-0.1, -0.05) is 42.3 Å². The SMILES string of the molecule is CC(c1ccc(F)cc1)C(C)(C(=O)O)N1CCC(CN2CCC(Oc3ccc(Cl)c(Cl)c3)CC2)CC1. The Morgan fingerprint density at radius 1 is 1.06 bits per heavy atom. The van der Waals surface area contributed by atoms with Gasteiger partial charge in [-0.25, -0.2) is 4.39 Å². The summed E-state index contributed by atoms with van der Waals surface area (Å²) in [6, 6.07) is 11.6. The summed E-state index contributed by atoms with van der Waals surface area (Å²) in [5, 5.41) is 11.2. The molecule has 8 heteroatoms. The zero-order valence-corrected chi connectivity index (χ0v) is 22.4. The molecule has 2 atom stereocenters. The monoisotopic (exact) mass is 536 g/mol. The topological polar surface area (TPSA) is 53.0 Å². The summed E-state index contributed by atoms with van der Waals surface area (Å²) < 4.78 is 19.5. The van der Waals surface area contributed by atoms with Gasteiger partial charge in [0.15, 0.2) is 0 Å². The molecule has 2 aromatic rings. The van der Waals surface area contributed by atoms with Crippen molar-refractivity contribution in [3.8, 4) is 5.75 Å². The van der Waals surface area contributed by atoms with Gasteiger partial charge in [0.25, 0.3) is 0 Å². The van der Waals surface area contributed by atoms with Crippen LogP contribution in [0.2, 0.25) is 10.0 Å². The minimum atomic E-state index is -1.04. The lowest BCUT2D eigenvalue weighted by atomic mass is 9.78. The Morgan fingerprint density at radius 2 is 1.69 bits per heavy atom. The summed E-state index contributed by atoms with van der Waals surface area (Å²) in [5.74, 6) is -0.100. The summed E-state index contributed by atoms with van der Waals surface area (Å²) in [6.45, 7) is 8.23. The highest BCUT2D eigenvalue weighted by Crippen LogP contribution is 2.37. The Labute approximate surface area is 223 Å². The Balaban J connectivity index is 1.27. The van der Waals surface area contributed by atoms with Crippen LogP contribution in [-0.2, 0) is 4.79 Å². The van der Waals surface area contributed by atoms with E-state index in [1.54, 1.807) is 24.3 Å². The number of piperidine rings is 2. The van der Waals surface area contributed by atoms with E-state index in [1.807, 2.05) is 19.9 Å². The molecule has 2 aromatic carbocycles. The molecule has 5 nitrogen and oxygen atoms in total. The minimum absolute atomic E-state index is 0.171. The average Bonchev–Trinajstić information content (AvgIpc) is 2.87. The fourth-order valence-corrected chi connectivity index (χ4v) is 5.86. The highest BCUT2D eigenvalue weighted by molar-refractivity contribution is 6.42. The zero-order valence-electron chi connectivity index (χ0n) is 20.9. The van der Waals surface area contributed by atoms with Gasteiger partial charge in [-0.2, -0.15) is 0 Å². The largest absolute Gasteiger partial charge is 0.490 e. The van der Waals surface area contributed by atoms with Crippen molar-refractivity contribution in [1.29, 1.82) is 0 Å². The van der Waals surface area contributed by atoms with E-state index in [9.17, 15) is 14.3 Å². The molecule has 0 aromatic heterocycles. The second-order valence-corrected chi connectivity index (χ2v) is 11.2.